The fourth-order valence-electron chi connectivity index (χ4n) is 2.41. The first-order valence-electron chi connectivity index (χ1n) is 8.00. The van der Waals surface area contributed by atoms with Crippen LogP contribution in [0, 0.1) is 0 Å². The lowest BCUT2D eigenvalue weighted by Crippen LogP contribution is -2.08. The molecule has 0 unspecified atom stereocenters. The predicted molar refractivity (Wildman–Crippen MR) is 102 cm³/mol. The van der Waals surface area contributed by atoms with Crippen LogP contribution < -0.4 is 19.5 Å². The maximum atomic E-state index is 12.2. The van der Waals surface area contributed by atoms with Crippen molar-refractivity contribution in [3.63, 3.8) is 0 Å². The fraction of sp³-hybridized carbons (Fsp3) is 0.200. The van der Waals surface area contributed by atoms with Crippen LogP contribution >= 0.6 is 0 Å². The topological polar surface area (TPSA) is 83.1 Å². The van der Waals surface area contributed by atoms with Gasteiger partial charge in [-0.25, -0.2) is 4.79 Å². The van der Waals surface area contributed by atoms with Crippen LogP contribution in [0.1, 0.15) is 15.9 Å². The van der Waals surface area contributed by atoms with Crippen LogP contribution in [0.3, 0.4) is 0 Å². The maximum Gasteiger partial charge on any atom is 0.337 e. The van der Waals surface area contributed by atoms with E-state index in [9.17, 15) is 9.59 Å². The van der Waals surface area contributed by atoms with Gasteiger partial charge in [0.2, 0.25) is 11.7 Å². The zero-order chi connectivity index (χ0) is 19.8. The molecule has 0 atom stereocenters. The Morgan fingerprint density at radius 1 is 0.852 bits per heavy atom. The molecule has 0 aliphatic rings. The van der Waals surface area contributed by atoms with Crippen LogP contribution in [0.4, 0.5) is 5.69 Å². The van der Waals surface area contributed by atoms with Crippen molar-refractivity contribution < 1.29 is 28.5 Å². The Balaban J connectivity index is 2.13. The molecule has 0 saturated carbocycles. The Bertz CT molecular complexity index is 842. The van der Waals surface area contributed by atoms with Gasteiger partial charge in [-0.2, -0.15) is 0 Å². The summed E-state index contributed by atoms with van der Waals surface area (Å²) in [7, 11) is 5.87. The van der Waals surface area contributed by atoms with Gasteiger partial charge >= 0.3 is 5.97 Å². The third kappa shape index (κ3) is 4.78. The minimum Gasteiger partial charge on any atom is -0.493 e. The van der Waals surface area contributed by atoms with E-state index in [0.29, 0.717) is 34.1 Å². The molecular weight excluding hydrogens is 350 g/mol. The molecule has 2 aromatic rings. The minimum atomic E-state index is -0.437. The molecule has 2 aromatic carbocycles. The van der Waals surface area contributed by atoms with Crippen LogP contribution in [-0.4, -0.2) is 40.3 Å². The van der Waals surface area contributed by atoms with Crippen LogP contribution in [0.15, 0.2) is 42.5 Å². The average molecular weight is 371 g/mol. The number of hydrogen-bond acceptors (Lipinski definition) is 6. The van der Waals surface area contributed by atoms with Crippen molar-refractivity contribution in [1.29, 1.82) is 0 Å². The number of rotatable bonds is 7. The van der Waals surface area contributed by atoms with Crippen molar-refractivity contribution in [2.24, 2.45) is 0 Å². The summed E-state index contributed by atoms with van der Waals surface area (Å²) < 4.78 is 20.6. The van der Waals surface area contributed by atoms with Crippen LogP contribution in [-0.2, 0) is 9.53 Å². The Hall–Kier alpha value is -3.48. The number of ether oxygens (including phenoxy) is 4. The number of amides is 1. The van der Waals surface area contributed by atoms with E-state index in [1.807, 2.05) is 0 Å². The first-order chi connectivity index (χ1) is 13.0. The fourth-order valence-corrected chi connectivity index (χ4v) is 2.41. The van der Waals surface area contributed by atoms with Gasteiger partial charge in [-0.05, 0) is 42.5 Å². The predicted octanol–water partition coefficient (Wildman–Crippen LogP) is 3.15. The Kier molecular flexibility index (Phi) is 6.82. The zero-order valence-electron chi connectivity index (χ0n) is 15.6. The summed E-state index contributed by atoms with van der Waals surface area (Å²) in [6, 6.07) is 9.87. The van der Waals surface area contributed by atoms with Gasteiger partial charge in [-0.15, -0.1) is 0 Å². The molecule has 2 rings (SSSR count). The van der Waals surface area contributed by atoms with Crippen molar-refractivity contribution in [2.75, 3.05) is 33.8 Å². The molecule has 0 spiro atoms. The van der Waals surface area contributed by atoms with Crippen molar-refractivity contribution in [3.05, 3.63) is 53.6 Å². The summed E-state index contributed by atoms with van der Waals surface area (Å²) in [4.78, 5) is 23.6. The number of hydrogen-bond donors (Lipinski definition) is 1. The van der Waals surface area contributed by atoms with E-state index in [4.69, 9.17) is 14.2 Å². The third-order valence-corrected chi connectivity index (χ3v) is 3.72. The second kappa shape index (κ2) is 9.28. The molecule has 1 N–H and O–H groups in total. The highest BCUT2D eigenvalue weighted by Crippen LogP contribution is 2.40. The molecule has 0 aliphatic carbocycles. The normalized spacial score (nSPS) is 10.4. The Labute approximate surface area is 157 Å². The highest BCUT2D eigenvalue weighted by molar-refractivity contribution is 6.02. The third-order valence-electron chi connectivity index (χ3n) is 3.72. The minimum absolute atomic E-state index is 0.336. The number of nitrogens with one attached hydrogen (secondary N) is 1. The van der Waals surface area contributed by atoms with Crippen LogP contribution in [0.2, 0.25) is 0 Å². The molecule has 0 radical (unpaired) electrons. The highest BCUT2D eigenvalue weighted by Gasteiger charge is 2.14. The Morgan fingerprint density at radius 3 is 2.07 bits per heavy atom. The molecular formula is C20H21NO6. The van der Waals surface area contributed by atoms with Crippen molar-refractivity contribution in [2.45, 2.75) is 0 Å². The molecule has 27 heavy (non-hydrogen) atoms. The largest absolute Gasteiger partial charge is 0.493 e. The molecule has 0 saturated heterocycles. The number of benzene rings is 2. The molecule has 0 heterocycles. The van der Waals surface area contributed by atoms with Crippen molar-refractivity contribution in [3.8, 4) is 17.2 Å². The molecule has 7 heteroatoms. The van der Waals surface area contributed by atoms with E-state index in [2.05, 4.69) is 10.1 Å². The summed E-state index contributed by atoms with van der Waals surface area (Å²) in [6.07, 6.45) is 2.98. The van der Waals surface area contributed by atoms with Gasteiger partial charge in [0.05, 0.1) is 34.0 Å². The second-order valence-electron chi connectivity index (χ2n) is 5.32. The molecule has 1 amide bonds. The van der Waals surface area contributed by atoms with E-state index in [1.54, 1.807) is 42.5 Å². The van der Waals surface area contributed by atoms with Gasteiger partial charge in [-0.3, -0.25) is 4.79 Å². The van der Waals surface area contributed by atoms with Gasteiger partial charge in [0, 0.05) is 17.3 Å². The Morgan fingerprint density at radius 2 is 1.52 bits per heavy atom. The number of carbonyl (C=O) groups excluding carboxylic acids is 2. The molecule has 0 aromatic heterocycles. The van der Waals surface area contributed by atoms with Gasteiger partial charge in [0.1, 0.15) is 0 Å². The van der Waals surface area contributed by atoms with Gasteiger partial charge in [0.15, 0.2) is 11.5 Å². The van der Waals surface area contributed by atoms with Gasteiger partial charge < -0.3 is 24.3 Å². The first-order valence-corrected chi connectivity index (χ1v) is 8.00. The molecule has 0 bridgehead atoms. The summed E-state index contributed by atoms with van der Waals surface area (Å²) in [5.74, 6) is 0.664. The van der Waals surface area contributed by atoms with Crippen LogP contribution in [0.25, 0.3) is 6.08 Å². The smallest absolute Gasteiger partial charge is 0.337 e. The van der Waals surface area contributed by atoms with Gasteiger partial charge in [0.25, 0.3) is 0 Å². The molecule has 7 nitrogen and oxygen atoms in total. The monoisotopic (exact) mass is 371 g/mol. The molecule has 0 aliphatic heterocycles. The quantitative estimate of drug-likeness (QED) is 0.595. The average Bonchev–Trinajstić information content (AvgIpc) is 2.71. The summed E-state index contributed by atoms with van der Waals surface area (Å²) in [5, 5.41) is 2.71. The molecule has 0 fully saturated rings. The lowest BCUT2D eigenvalue weighted by atomic mass is 10.1. The SMILES string of the molecule is COC(=O)c1ccc(NC(=O)C=Cc2ccc(OC)c(OC)c2OC)cc1. The second-order valence-corrected chi connectivity index (χ2v) is 5.32. The first kappa shape index (κ1) is 19.8. The number of anilines is 1. The number of esters is 1. The summed E-state index contributed by atoms with van der Waals surface area (Å²) in [5.41, 5.74) is 1.61. The van der Waals surface area contributed by atoms with E-state index < -0.39 is 5.97 Å². The summed E-state index contributed by atoms with van der Waals surface area (Å²) in [6.45, 7) is 0. The van der Waals surface area contributed by atoms with Gasteiger partial charge in [-0.1, -0.05) is 0 Å². The van der Waals surface area contributed by atoms with Crippen molar-refractivity contribution >= 4 is 23.6 Å². The lowest BCUT2D eigenvalue weighted by molar-refractivity contribution is -0.111. The van der Waals surface area contributed by atoms with E-state index in [1.165, 1.54) is 34.5 Å². The lowest BCUT2D eigenvalue weighted by Gasteiger charge is -2.14. The zero-order valence-corrected chi connectivity index (χ0v) is 15.6. The standard InChI is InChI=1S/C20H21NO6/c1-24-16-11-7-13(18(25-2)19(16)26-3)8-12-17(22)21-15-9-5-14(6-10-15)20(23)27-4/h5-12H,1-4H3,(H,21,22). The van der Waals surface area contributed by atoms with Crippen LogP contribution in [0.5, 0.6) is 17.2 Å². The summed E-state index contributed by atoms with van der Waals surface area (Å²) >= 11 is 0. The van der Waals surface area contributed by atoms with E-state index in [-0.39, 0.29) is 5.91 Å². The highest BCUT2D eigenvalue weighted by atomic mass is 16.5. The number of carbonyl (C=O) groups is 2. The van der Waals surface area contributed by atoms with E-state index in [0.717, 1.165) is 0 Å². The van der Waals surface area contributed by atoms with E-state index >= 15 is 0 Å². The maximum absolute atomic E-state index is 12.2. The number of methoxy groups -OCH3 is 4. The molecule has 142 valence electrons. The van der Waals surface area contributed by atoms with Crippen molar-refractivity contribution in [1.82, 2.24) is 0 Å².